The number of rotatable bonds is 7. The Hall–Kier alpha value is -0.650. The van der Waals surface area contributed by atoms with Crippen LogP contribution in [0.1, 0.15) is 26.7 Å². The normalized spacial score (nSPS) is 23.4. The highest BCUT2D eigenvalue weighted by molar-refractivity contribution is 5.80. The molecule has 0 aromatic carbocycles. The zero-order valence-electron chi connectivity index (χ0n) is 10.8. The summed E-state index contributed by atoms with van der Waals surface area (Å²) in [5.74, 6) is 0.215. The Bertz CT molecular complexity index is 230. The van der Waals surface area contributed by atoms with E-state index < -0.39 is 6.10 Å². The van der Waals surface area contributed by atoms with E-state index in [1.165, 1.54) is 0 Å². The Balaban J connectivity index is 2.12. The molecule has 100 valence electrons. The fourth-order valence-electron chi connectivity index (χ4n) is 1.61. The molecule has 1 aliphatic rings. The van der Waals surface area contributed by atoms with E-state index in [4.69, 9.17) is 15.2 Å². The molecule has 0 spiro atoms. The molecule has 1 aliphatic heterocycles. The molecule has 3 N–H and O–H groups in total. The van der Waals surface area contributed by atoms with E-state index in [-0.39, 0.29) is 12.0 Å². The minimum atomic E-state index is -0.427. The first-order valence-corrected chi connectivity index (χ1v) is 6.34. The highest BCUT2D eigenvalue weighted by Crippen LogP contribution is 2.12. The Morgan fingerprint density at radius 1 is 1.59 bits per heavy atom. The molecule has 0 radical (unpaired) electrons. The molecule has 1 amide bonds. The lowest BCUT2D eigenvalue weighted by molar-refractivity contribution is -0.133. The zero-order valence-corrected chi connectivity index (χ0v) is 10.8. The summed E-state index contributed by atoms with van der Waals surface area (Å²) in [6.45, 7) is 6.24. The standard InChI is InChI=1S/C12H24N2O3/c1-9(6-13)7-14-12(15)10(2)17-8-11-4-3-5-16-11/h9-11H,3-8,13H2,1-2H3,(H,14,15). The van der Waals surface area contributed by atoms with Crippen molar-refractivity contribution in [1.29, 1.82) is 0 Å². The van der Waals surface area contributed by atoms with Crippen LogP contribution in [0, 0.1) is 5.92 Å². The molecule has 1 fully saturated rings. The Kier molecular flexibility index (Phi) is 6.47. The lowest BCUT2D eigenvalue weighted by atomic mass is 10.2. The molecule has 0 saturated carbocycles. The molecule has 17 heavy (non-hydrogen) atoms. The second kappa shape index (κ2) is 7.63. The Labute approximate surface area is 103 Å². The molecule has 1 saturated heterocycles. The Morgan fingerprint density at radius 3 is 2.94 bits per heavy atom. The fraction of sp³-hybridized carbons (Fsp3) is 0.917. The summed E-state index contributed by atoms with van der Waals surface area (Å²) >= 11 is 0. The van der Waals surface area contributed by atoms with Gasteiger partial charge in [-0.3, -0.25) is 4.79 Å². The average molecular weight is 244 g/mol. The van der Waals surface area contributed by atoms with Crippen LogP contribution in [0.3, 0.4) is 0 Å². The van der Waals surface area contributed by atoms with Gasteiger partial charge in [0.15, 0.2) is 0 Å². The van der Waals surface area contributed by atoms with E-state index >= 15 is 0 Å². The van der Waals surface area contributed by atoms with E-state index in [0.29, 0.717) is 25.6 Å². The van der Waals surface area contributed by atoms with Crippen molar-refractivity contribution in [2.75, 3.05) is 26.3 Å². The molecule has 5 heteroatoms. The summed E-state index contributed by atoms with van der Waals surface area (Å²) in [6.07, 6.45) is 1.85. The fourth-order valence-corrected chi connectivity index (χ4v) is 1.61. The van der Waals surface area contributed by atoms with Crippen LogP contribution in [-0.4, -0.2) is 44.4 Å². The lowest BCUT2D eigenvalue weighted by Crippen LogP contribution is -2.39. The molecule has 1 rings (SSSR count). The van der Waals surface area contributed by atoms with Crippen LogP contribution in [0.4, 0.5) is 0 Å². The summed E-state index contributed by atoms with van der Waals surface area (Å²) in [4.78, 5) is 11.7. The number of nitrogens with two attached hydrogens (primary N) is 1. The van der Waals surface area contributed by atoms with Gasteiger partial charge in [-0.15, -0.1) is 0 Å². The second-order valence-corrected chi connectivity index (χ2v) is 4.70. The lowest BCUT2D eigenvalue weighted by Gasteiger charge is -2.17. The van der Waals surface area contributed by atoms with Gasteiger partial charge in [-0.2, -0.15) is 0 Å². The smallest absolute Gasteiger partial charge is 0.248 e. The first kappa shape index (κ1) is 14.4. The molecule has 1 heterocycles. The number of hydrogen-bond donors (Lipinski definition) is 2. The zero-order chi connectivity index (χ0) is 12.7. The summed E-state index contributed by atoms with van der Waals surface area (Å²) in [7, 11) is 0. The van der Waals surface area contributed by atoms with E-state index in [9.17, 15) is 4.79 Å². The SMILES string of the molecule is CC(CN)CNC(=O)C(C)OCC1CCCO1. The summed E-state index contributed by atoms with van der Waals surface area (Å²) in [5.41, 5.74) is 5.48. The van der Waals surface area contributed by atoms with Crippen molar-refractivity contribution >= 4 is 5.91 Å². The van der Waals surface area contributed by atoms with Crippen LogP contribution in [-0.2, 0) is 14.3 Å². The minimum Gasteiger partial charge on any atom is -0.376 e. The van der Waals surface area contributed by atoms with Gasteiger partial charge in [-0.05, 0) is 32.2 Å². The molecular formula is C12H24N2O3. The van der Waals surface area contributed by atoms with Gasteiger partial charge in [-0.25, -0.2) is 0 Å². The predicted octanol–water partition coefficient (Wildman–Crippen LogP) is 0.282. The highest BCUT2D eigenvalue weighted by Gasteiger charge is 2.19. The van der Waals surface area contributed by atoms with Crippen LogP contribution < -0.4 is 11.1 Å². The van der Waals surface area contributed by atoms with Gasteiger partial charge in [0.05, 0.1) is 12.7 Å². The summed E-state index contributed by atoms with van der Waals surface area (Å²) in [5, 5.41) is 2.82. The van der Waals surface area contributed by atoms with Crippen molar-refractivity contribution in [3.63, 3.8) is 0 Å². The molecule has 0 aromatic heterocycles. The monoisotopic (exact) mass is 244 g/mol. The van der Waals surface area contributed by atoms with Crippen LogP contribution in [0.2, 0.25) is 0 Å². The third-order valence-corrected chi connectivity index (χ3v) is 2.95. The first-order chi connectivity index (χ1) is 8.13. The van der Waals surface area contributed by atoms with Gasteiger partial charge in [0, 0.05) is 13.2 Å². The van der Waals surface area contributed by atoms with E-state index in [2.05, 4.69) is 5.32 Å². The van der Waals surface area contributed by atoms with E-state index in [1.807, 2.05) is 6.92 Å². The van der Waals surface area contributed by atoms with Crippen LogP contribution in [0.25, 0.3) is 0 Å². The van der Waals surface area contributed by atoms with E-state index in [1.54, 1.807) is 6.92 Å². The van der Waals surface area contributed by atoms with Crippen molar-refractivity contribution in [3.05, 3.63) is 0 Å². The average Bonchev–Trinajstić information content (AvgIpc) is 2.85. The van der Waals surface area contributed by atoms with Crippen LogP contribution >= 0.6 is 0 Å². The van der Waals surface area contributed by atoms with Crippen molar-refractivity contribution < 1.29 is 14.3 Å². The van der Waals surface area contributed by atoms with Crippen molar-refractivity contribution in [2.24, 2.45) is 11.7 Å². The van der Waals surface area contributed by atoms with Gasteiger partial charge in [0.2, 0.25) is 5.91 Å². The van der Waals surface area contributed by atoms with Gasteiger partial charge >= 0.3 is 0 Å². The van der Waals surface area contributed by atoms with Gasteiger partial charge in [0.25, 0.3) is 0 Å². The molecule has 0 aromatic rings. The van der Waals surface area contributed by atoms with Gasteiger partial charge in [0.1, 0.15) is 6.10 Å². The number of nitrogens with one attached hydrogen (secondary N) is 1. The van der Waals surface area contributed by atoms with Crippen molar-refractivity contribution in [2.45, 2.75) is 38.9 Å². The second-order valence-electron chi connectivity index (χ2n) is 4.70. The van der Waals surface area contributed by atoms with Crippen LogP contribution in [0.5, 0.6) is 0 Å². The molecule has 0 bridgehead atoms. The maximum Gasteiger partial charge on any atom is 0.248 e. The topological polar surface area (TPSA) is 73.6 Å². The number of amides is 1. The number of hydrogen-bond acceptors (Lipinski definition) is 4. The molecule has 3 atom stereocenters. The molecule has 5 nitrogen and oxygen atoms in total. The minimum absolute atomic E-state index is 0.0803. The van der Waals surface area contributed by atoms with E-state index in [0.717, 1.165) is 19.4 Å². The number of carbonyl (C=O) groups is 1. The quantitative estimate of drug-likeness (QED) is 0.674. The first-order valence-electron chi connectivity index (χ1n) is 6.34. The van der Waals surface area contributed by atoms with Gasteiger partial charge in [-0.1, -0.05) is 6.92 Å². The maximum absolute atomic E-state index is 11.7. The van der Waals surface area contributed by atoms with Crippen molar-refractivity contribution in [3.8, 4) is 0 Å². The Morgan fingerprint density at radius 2 is 2.35 bits per heavy atom. The highest BCUT2D eigenvalue weighted by atomic mass is 16.5. The van der Waals surface area contributed by atoms with Crippen molar-refractivity contribution in [1.82, 2.24) is 5.32 Å². The number of carbonyl (C=O) groups excluding carboxylic acids is 1. The molecule has 0 aliphatic carbocycles. The predicted molar refractivity (Wildman–Crippen MR) is 65.6 cm³/mol. The third-order valence-electron chi connectivity index (χ3n) is 2.95. The largest absolute Gasteiger partial charge is 0.376 e. The third kappa shape index (κ3) is 5.48. The van der Waals surface area contributed by atoms with Crippen LogP contribution in [0.15, 0.2) is 0 Å². The van der Waals surface area contributed by atoms with Gasteiger partial charge < -0.3 is 20.5 Å². The summed E-state index contributed by atoms with van der Waals surface area (Å²) < 4.78 is 10.9. The molecule has 3 unspecified atom stereocenters. The maximum atomic E-state index is 11.7. The number of ether oxygens (including phenoxy) is 2. The summed E-state index contributed by atoms with van der Waals surface area (Å²) in [6, 6.07) is 0. The molecular weight excluding hydrogens is 220 g/mol.